The molecule has 0 saturated heterocycles. The maximum Gasteiger partial charge on any atom is 0.250 e. The number of carbonyl (C=O) groups excluding carboxylic acids is 1. The number of sulfonamides is 1. The Balaban J connectivity index is 1.91. The number of nitrogens with one attached hydrogen (secondary N) is 2. The first-order valence-corrected chi connectivity index (χ1v) is 8.23. The minimum absolute atomic E-state index is 0.195. The summed E-state index contributed by atoms with van der Waals surface area (Å²) < 4.78 is 26.1. The van der Waals surface area contributed by atoms with Gasteiger partial charge in [0, 0.05) is 5.69 Å². The number of anilines is 1. The zero-order valence-electron chi connectivity index (χ0n) is 10.8. The molecule has 20 heavy (non-hydrogen) atoms. The van der Waals surface area contributed by atoms with E-state index in [1.807, 2.05) is 19.1 Å². The third-order valence-electron chi connectivity index (χ3n) is 2.52. The van der Waals surface area contributed by atoms with Crippen LogP contribution in [0, 0.1) is 6.92 Å². The topological polar surface area (TPSA) is 75.3 Å². The van der Waals surface area contributed by atoms with Gasteiger partial charge in [-0.2, -0.15) is 0 Å². The molecule has 0 aliphatic carbocycles. The van der Waals surface area contributed by atoms with E-state index in [4.69, 9.17) is 0 Å². The third-order valence-corrected chi connectivity index (χ3v) is 5.32. The molecule has 1 aromatic carbocycles. The number of rotatable bonds is 5. The van der Waals surface area contributed by atoms with Crippen molar-refractivity contribution in [2.75, 3.05) is 11.9 Å². The van der Waals surface area contributed by atoms with Gasteiger partial charge >= 0.3 is 0 Å². The van der Waals surface area contributed by atoms with E-state index in [9.17, 15) is 13.2 Å². The lowest BCUT2D eigenvalue weighted by molar-refractivity contribution is -0.115. The highest BCUT2D eigenvalue weighted by atomic mass is 32.2. The molecule has 0 unspecified atom stereocenters. The van der Waals surface area contributed by atoms with Gasteiger partial charge in [0.15, 0.2) is 0 Å². The first kappa shape index (κ1) is 14.7. The number of amides is 1. The standard InChI is InChI=1S/C13H14N2O3S2/c1-10-4-6-11(7-5-10)15-12(16)9-14-20(17,18)13-3-2-8-19-13/h2-8,14H,9H2,1H3,(H,15,16). The van der Waals surface area contributed by atoms with Crippen LogP contribution in [0.1, 0.15) is 5.56 Å². The second-order valence-electron chi connectivity index (χ2n) is 4.17. The second kappa shape index (κ2) is 6.17. The molecule has 1 heterocycles. The fourth-order valence-corrected chi connectivity index (χ4v) is 3.51. The molecule has 0 aliphatic heterocycles. The van der Waals surface area contributed by atoms with Crippen molar-refractivity contribution in [2.45, 2.75) is 11.1 Å². The fourth-order valence-electron chi connectivity index (χ4n) is 1.49. The Labute approximate surface area is 121 Å². The van der Waals surface area contributed by atoms with Gasteiger partial charge in [0.2, 0.25) is 5.91 Å². The molecule has 5 nitrogen and oxygen atoms in total. The Bertz CT molecular complexity index is 677. The van der Waals surface area contributed by atoms with Gasteiger partial charge in [0.25, 0.3) is 10.0 Å². The molecule has 2 aromatic rings. The molecule has 2 rings (SSSR count). The lowest BCUT2D eigenvalue weighted by Crippen LogP contribution is -2.32. The van der Waals surface area contributed by atoms with Gasteiger partial charge in [0.05, 0.1) is 6.54 Å². The predicted octanol–water partition coefficient (Wildman–Crippen LogP) is 1.97. The van der Waals surface area contributed by atoms with Crippen molar-refractivity contribution in [1.29, 1.82) is 0 Å². The maximum atomic E-state index is 11.8. The molecule has 0 fully saturated rings. The van der Waals surface area contributed by atoms with Gasteiger partial charge < -0.3 is 5.32 Å². The van der Waals surface area contributed by atoms with Gasteiger partial charge in [-0.25, -0.2) is 13.1 Å². The van der Waals surface area contributed by atoms with Crippen molar-refractivity contribution in [1.82, 2.24) is 4.72 Å². The minimum Gasteiger partial charge on any atom is -0.325 e. The molecule has 2 N–H and O–H groups in total. The van der Waals surface area contributed by atoms with E-state index in [1.165, 1.54) is 6.07 Å². The monoisotopic (exact) mass is 310 g/mol. The summed E-state index contributed by atoms with van der Waals surface area (Å²) in [7, 11) is -3.60. The summed E-state index contributed by atoms with van der Waals surface area (Å²) in [6, 6.07) is 10.4. The van der Waals surface area contributed by atoms with Gasteiger partial charge in [-0.3, -0.25) is 4.79 Å². The molecule has 0 aliphatic rings. The number of carbonyl (C=O) groups is 1. The average Bonchev–Trinajstić information content (AvgIpc) is 2.94. The molecule has 0 saturated carbocycles. The second-order valence-corrected chi connectivity index (χ2v) is 7.11. The van der Waals surface area contributed by atoms with E-state index < -0.39 is 15.9 Å². The molecule has 1 amide bonds. The van der Waals surface area contributed by atoms with E-state index in [1.54, 1.807) is 23.6 Å². The highest BCUT2D eigenvalue weighted by Crippen LogP contribution is 2.15. The van der Waals surface area contributed by atoms with Crippen LogP contribution >= 0.6 is 11.3 Å². The quantitative estimate of drug-likeness (QED) is 0.886. The summed E-state index contributed by atoms with van der Waals surface area (Å²) in [5, 5.41) is 4.29. The average molecular weight is 310 g/mol. The number of hydrogen-bond donors (Lipinski definition) is 2. The van der Waals surface area contributed by atoms with Crippen molar-refractivity contribution >= 4 is 33.0 Å². The maximum absolute atomic E-state index is 11.8. The van der Waals surface area contributed by atoms with Crippen molar-refractivity contribution in [3.63, 3.8) is 0 Å². The number of aryl methyl sites for hydroxylation is 1. The van der Waals surface area contributed by atoms with Crippen LogP contribution in [0.2, 0.25) is 0 Å². The Morgan fingerprint density at radius 3 is 2.50 bits per heavy atom. The van der Waals surface area contributed by atoms with E-state index in [0.717, 1.165) is 16.9 Å². The first-order valence-electron chi connectivity index (χ1n) is 5.87. The van der Waals surface area contributed by atoms with Crippen molar-refractivity contribution in [2.24, 2.45) is 0 Å². The summed E-state index contributed by atoms with van der Waals surface area (Å²) in [6.45, 7) is 1.65. The number of thiophene rings is 1. The lowest BCUT2D eigenvalue weighted by atomic mass is 10.2. The summed E-state index contributed by atoms with van der Waals surface area (Å²) in [4.78, 5) is 11.7. The molecule has 0 bridgehead atoms. The van der Waals surface area contributed by atoms with Gasteiger partial charge in [-0.15, -0.1) is 11.3 Å². The van der Waals surface area contributed by atoms with Crippen LogP contribution < -0.4 is 10.0 Å². The Morgan fingerprint density at radius 1 is 1.20 bits per heavy atom. The number of benzene rings is 1. The Morgan fingerprint density at radius 2 is 1.90 bits per heavy atom. The van der Waals surface area contributed by atoms with Crippen LogP contribution in [0.25, 0.3) is 0 Å². The normalized spacial score (nSPS) is 11.2. The van der Waals surface area contributed by atoms with Crippen molar-refractivity contribution < 1.29 is 13.2 Å². The van der Waals surface area contributed by atoms with Crippen LogP contribution in [-0.2, 0) is 14.8 Å². The van der Waals surface area contributed by atoms with Crippen LogP contribution in [0.5, 0.6) is 0 Å². The van der Waals surface area contributed by atoms with Crippen molar-refractivity contribution in [3.8, 4) is 0 Å². The smallest absolute Gasteiger partial charge is 0.250 e. The minimum atomic E-state index is -3.60. The molecule has 106 valence electrons. The highest BCUT2D eigenvalue weighted by Gasteiger charge is 2.16. The van der Waals surface area contributed by atoms with Crippen LogP contribution in [0.15, 0.2) is 46.0 Å². The summed E-state index contributed by atoms with van der Waals surface area (Å²) in [6.07, 6.45) is 0. The molecule has 1 aromatic heterocycles. The molecule has 0 atom stereocenters. The highest BCUT2D eigenvalue weighted by molar-refractivity contribution is 7.91. The van der Waals surface area contributed by atoms with E-state index in [-0.39, 0.29) is 10.8 Å². The first-order chi connectivity index (χ1) is 9.47. The van der Waals surface area contributed by atoms with E-state index in [2.05, 4.69) is 10.0 Å². The van der Waals surface area contributed by atoms with Gasteiger partial charge in [-0.1, -0.05) is 23.8 Å². The SMILES string of the molecule is Cc1ccc(NC(=O)CNS(=O)(=O)c2cccs2)cc1. The molecule has 0 radical (unpaired) electrons. The summed E-state index contributed by atoms with van der Waals surface area (Å²) in [5.41, 5.74) is 1.72. The predicted molar refractivity (Wildman–Crippen MR) is 79.3 cm³/mol. The van der Waals surface area contributed by atoms with Crippen molar-refractivity contribution in [3.05, 3.63) is 47.3 Å². The van der Waals surface area contributed by atoms with Gasteiger partial charge in [-0.05, 0) is 30.5 Å². The van der Waals surface area contributed by atoms with Crippen LogP contribution in [-0.4, -0.2) is 20.9 Å². The Hall–Kier alpha value is -1.70. The fraction of sp³-hybridized carbons (Fsp3) is 0.154. The van der Waals surface area contributed by atoms with E-state index in [0.29, 0.717) is 5.69 Å². The largest absolute Gasteiger partial charge is 0.325 e. The van der Waals surface area contributed by atoms with Crippen LogP contribution in [0.4, 0.5) is 5.69 Å². The summed E-state index contributed by atoms with van der Waals surface area (Å²) in [5.74, 6) is -0.408. The molecular formula is C13H14N2O3S2. The number of hydrogen-bond acceptors (Lipinski definition) is 4. The third kappa shape index (κ3) is 3.89. The zero-order chi connectivity index (χ0) is 14.6. The molecule has 7 heteroatoms. The zero-order valence-corrected chi connectivity index (χ0v) is 12.4. The summed E-state index contributed by atoms with van der Waals surface area (Å²) >= 11 is 1.10. The molecular weight excluding hydrogens is 296 g/mol. The van der Waals surface area contributed by atoms with Gasteiger partial charge in [0.1, 0.15) is 4.21 Å². The Kier molecular flexibility index (Phi) is 4.53. The molecule has 0 spiro atoms. The van der Waals surface area contributed by atoms with E-state index >= 15 is 0 Å². The van der Waals surface area contributed by atoms with Crippen LogP contribution in [0.3, 0.4) is 0 Å². The lowest BCUT2D eigenvalue weighted by Gasteiger charge is -2.07.